The number of aromatic nitrogens is 1. The van der Waals surface area contributed by atoms with Gasteiger partial charge in [-0.3, -0.25) is 9.78 Å². The predicted octanol–water partition coefficient (Wildman–Crippen LogP) is 1.89. The smallest absolute Gasteiger partial charge is 0.162 e. The number of Topliss-reactive ketones (excluding diaryl/α,β-unsaturated/α-hetero) is 1. The lowest BCUT2D eigenvalue weighted by Gasteiger charge is -2.29. The number of sulfone groups is 1. The number of ketones is 1. The van der Waals surface area contributed by atoms with E-state index in [-0.39, 0.29) is 5.78 Å². The highest BCUT2D eigenvalue weighted by Crippen LogP contribution is 2.35. The fraction of sp³-hybridized carbons (Fsp3) is 0.571. The van der Waals surface area contributed by atoms with Gasteiger partial charge in [0.15, 0.2) is 15.6 Å². The first-order valence-electron chi connectivity index (χ1n) is 6.43. The third-order valence-electron chi connectivity index (χ3n) is 4.03. The Morgan fingerprint density at radius 1 is 1.42 bits per heavy atom. The zero-order chi connectivity index (χ0) is 14.3. The molecule has 4 nitrogen and oxygen atoms in total. The van der Waals surface area contributed by atoms with Gasteiger partial charge in [-0.05, 0) is 44.7 Å². The van der Waals surface area contributed by atoms with Gasteiger partial charge < -0.3 is 0 Å². The molecular weight excluding hydrogens is 262 g/mol. The molecule has 104 valence electrons. The molecule has 0 bridgehead atoms. The van der Waals surface area contributed by atoms with Crippen molar-refractivity contribution < 1.29 is 13.2 Å². The lowest BCUT2D eigenvalue weighted by molar-refractivity contribution is -0.122. The normalized spacial score (nSPS) is 19.8. The third kappa shape index (κ3) is 2.43. The van der Waals surface area contributed by atoms with Crippen molar-refractivity contribution in [1.82, 2.24) is 4.98 Å². The van der Waals surface area contributed by atoms with Gasteiger partial charge in [-0.15, -0.1) is 0 Å². The molecule has 0 aromatic carbocycles. The molecule has 0 saturated carbocycles. The van der Waals surface area contributed by atoms with E-state index in [0.717, 1.165) is 30.4 Å². The summed E-state index contributed by atoms with van der Waals surface area (Å²) in [5.41, 5.74) is 1.83. The van der Waals surface area contributed by atoms with Gasteiger partial charge in [0.05, 0.1) is 11.6 Å². The Hall–Kier alpha value is -1.23. The first-order chi connectivity index (χ1) is 8.75. The van der Waals surface area contributed by atoms with Gasteiger partial charge in [0, 0.05) is 12.5 Å². The van der Waals surface area contributed by atoms with Crippen molar-refractivity contribution in [2.24, 2.45) is 0 Å². The minimum absolute atomic E-state index is 0.241. The van der Waals surface area contributed by atoms with E-state index < -0.39 is 20.5 Å². The number of carbonyl (C=O) groups excluding carboxylic acids is 1. The predicted molar refractivity (Wildman–Crippen MR) is 73.8 cm³/mol. The largest absolute Gasteiger partial charge is 0.297 e. The first kappa shape index (κ1) is 14.2. The molecule has 0 spiro atoms. The van der Waals surface area contributed by atoms with Crippen LogP contribution in [0, 0.1) is 0 Å². The molecule has 1 aliphatic carbocycles. The van der Waals surface area contributed by atoms with E-state index in [0.29, 0.717) is 6.42 Å². The molecule has 0 saturated heterocycles. The fourth-order valence-electron chi connectivity index (χ4n) is 2.47. The molecular formula is C14H19NO3S. The molecule has 1 aliphatic rings. The van der Waals surface area contributed by atoms with Gasteiger partial charge >= 0.3 is 0 Å². The standard InChI is InChI=1S/C14H19NO3S/c1-14(2,19(3,17)18)13(16)11-8-4-6-10-7-5-9-15-12(10)11/h5,7,9,11H,4,6,8H2,1-3H3. The number of nitrogens with zero attached hydrogens (tertiary/aromatic N) is 1. The maximum Gasteiger partial charge on any atom is 0.162 e. The summed E-state index contributed by atoms with van der Waals surface area (Å²) in [6.07, 6.45) is 5.27. The highest BCUT2D eigenvalue weighted by Gasteiger charge is 2.43. The van der Waals surface area contributed by atoms with E-state index in [1.165, 1.54) is 13.8 Å². The SMILES string of the molecule is CC(C)(C(=O)C1CCCc2cccnc21)S(C)(=O)=O. The summed E-state index contributed by atoms with van der Waals surface area (Å²) in [6.45, 7) is 2.98. The minimum Gasteiger partial charge on any atom is -0.297 e. The van der Waals surface area contributed by atoms with Crippen molar-refractivity contribution in [3.8, 4) is 0 Å². The van der Waals surface area contributed by atoms with Crippen LogP contribution in [0.2, 0.25) is 0 Å². The molecule has 1 aromatic heterocycles. The van der Waals surface area contributed by atoms with Gasteiger partial charge in [0.2, 0.25) is 0 Å². The molecule has 0 aliphatic heterocycles. The van der Waals surface area contributed by atoms with Crippen LogP contribution >= 0.6 is 0 Å². The summed E-state index contributed by atoms with van der Waals surface area (Å²) in [5.74, 6) is -0.635. The van der Waals surface area contributed by atoms with Crippen LogP contribution < -0.4 is 0 Å². The van der Waals surface area contributed by atoms with Crippen LogP contribution in [-0.2, 0) is 21.1 Å². The van der Waals surface area contributed by atoms with Gasteiger partial charge in [-0.2, -0.15) is 0 Å². The van der Waals surface area contributed by atoms with E-state index in [1.807, 2.05) is 12.1 Å². The highest BCUT2D eigenvalue weighted by atomic mass is 32.2. The molecule has 1 atom stereocenters. The lowest BCUT2D eigenvalue weighted by Crippen LogP contribution is -2.43. The van der Waals surface area contributed by atoms with E-state index in [2.05, 4.69) is 4.98 Å². The second-order valence-electron chi connectivity index (χ2n) is 5.64. The van der Waals surface area contributed by atoms with Crippen molar-refractivity contribution in [1.29, 1.82) is 0 Å². The number of hydrogen-bond acceptors (Lipinski definition) is 4. The summed E-state index contributed by atoms with van der Waals surface area (Å²) < 4.78 is 22.3. The fourth-order valence-corrected chi connectivity index (χ4v) is 2.97. The summed E-state index contributed by atoms with van der Waals surface area (Å²) in [5, 5.41) is 0. The molecule has 0 amide bonds. The van der Waals surface area contributed by atoms with Gasteiger partial charge in [0.25, 0.3) is 0 Å². The molecule has 1 heterocycles. The van der Waals surface area contributed by atoms with E-state index >= 15 is 0 Å². The molecule has 0 N–H and O–H groups in total. The van der Waals surface area contributed by atoms with Crippen molar-refractivity contribution in [2.45, 2.75) is 43.8 Å². The van der Waals surface area contributed by atoms with E-state index in [4.69, 9.17) is 0 Å². The second kappa shape index (κ2) is 4.71. The highest BCUT2D eigenvalue weighted by molar-refractivity contribution is 7.92. The van der Waals surface area contributed by atoms with Crippen LogP contribution in [0.3, 0.4) is 0 Å². The zero-order valence-corrected chi connectivity index (χ0v) is 12.3. The number of pyridine rings is 1. The quantitative estimate of drug-likeness (QED) is 0.848. The average molecular weight is 281 g/mol. The Labute approximate surface area is 114 Å². The first-order valence-corrected chi connectivity index (χ1v) is 8.32. The van der Waals surface area contributed by atoms with Crippen molar-refractivity contribution in [3.63, 3.8) is 0 Å². The summed E-state index contributed by atoms with van der Waals surface area (Å²) >= 11 is 0. The molecule has 19 heavy (non-hydrogen) atoms. The van der Waals surface area contributed by atoms with Gasteiger partial charge in [0.1, 0.15) is 4.75 Å². The van der Waals surface area contributed by atoms with Crippen LogP contribution in [0.5, 0.6) is 0 Å². The number of rotatable bonds is 3. The van der Waals surface area contributed by atoms with Crippen LogP contribution in [0.15, 0.2) is 18.3 Å². The zero-order valence-electron chi connectivity index (χ0n) is 11.5. The van der Waals surface area contributed by atoms with E-state index in [1.54, 1.807) is 6.20 Å². The van der Waals surface area contributed by atoms with E-state index in [9.17, 15) is 13.2 Å². The molecule has 5 heteroatoms. The molecule has 0 fully saturated rings. The maximum atomic E-state index is 12.6. The Kier molecular flexibility index (Phi) is 3.51. The molecule has 1 unspecified atom stereocenters. The Balaban J connectivity index is 2.42. The van der Waals surface area contributed by atoms with Gasteiger partial charge in [-0.1, -0.05) is 6.07 Å². The number of fused-ring (bicyclic) bond motifs is 1. The minimum atomic E-state index is -3.43. The van der Waals surface area contributed by atoms with Crippen LogP contribution in [0.25, 0.3) is 0 Å². The molecule has 0 radical (unpaired) electrons. The summed E-state index contributed by atoms with van der Waals surface area (Å²) in [4.78, 5) is 16.9. The van der Waals surface area contributed by atoms with Crippen molar-refractivity contribution >= 4 is 15.6 Å². The monoisotopic (exact) mass is 281 g/mol. The second-order valence-corrected chi connectivity index (χ2v) is 8.20. The van der Waals surface area contributed by atoms with Gasteiger partial charge in [-0.25, -0.2) is 8.42 Å². The topological polar surface area (TPSA) is 64.1 Å². The number of hydrogen-bond donors (Lipinski definition) is 0. The molecule has 2 rings (SSSR count). The van der Waals surface area contributed by atoms with Crippen molar-refractivity contribution in [2.75, 3.05) is 6.26 Å². The van der Waals surface area contributed by atoms with Crippen LogP contribution in [0.1, 0.15) is 43.9 Å². The van der Waals surface area contributed by atoms with Crippen LogP contribution in [-0.4, -0.2) is 30.2 Å². The molecule has 1 aromatic rings. The lowest BCUT2D eigenvalue weighted by atomic mass is 9.80. The van der Waals surface area contributed by atoms with Crippen molar-refractivity contribution in [3.05, 3.63) is 29.6 Å². The third-order valence-corrected chi connectivity index (χ3v) is 6.09. The number of aryl methyl sites for hydroxylation is 1. The Morgan fingerprint density at radius 2 is 2.11 bits per heavy atom. The Bertz CT molecular complexity index is 605. The Morgan fingerprint density at radius 3 is 2.74 bits per heavy atom. The number of carbonyl (C=O) groups is 1. The maximum absolute atomic E-state index is 12.6. The summed E-state index contributed by atoms with van der Waals surface area (Å²) in [6, 6.07) is 3.82. The van der Waals surface area contributed by atoms with Crippen LogP contribution in [0.4, 0.5) is 0 Å². The summed E-state index contributed by atoms with van der Waals surface area (Å²) in [7, 11) is -3.43. The average Bonchev–Trinajstić information content (AvgIpc) is 2.36.